The van der Waals surface area contributed by atoms with Crippen molar-refractivity contribution in [1.29, 1.82) is 5.26 Å². The van der Waals surface area contributed by atoms with Crippen molar-refractivity contribution in [2.75, 3.05) is 44.8 Å². The lowest BCUT2D eigenvalue weighted by Crippen LogP contribution is -2.53. The number of piperidine rings is 1. The third-order valence-electron chi connectivity index (χ3n) is 6.80. The fraction of sp³-hybridized carbons (Fsp3) is 0.636. The molecule has 0 unspecified atom stereocenters. The Labute approximate surface area is 174 Å². The summed E-state index contributed by atoms with van der Waals surface area (Å²) in [5.41, 5.74) is -1.11. The van der Waals surface area contributed by atoms with Gasteiger partial charge in [-0.2, -0.15) is 18.4 Å². The van der Waals surface area contributed by atoms with E-state index < -0.39 is 11.7 Å². The number of benzene rings is 1. The van der Waals surface area contributed by atoms with Crippen molar-refractivity contribution in [2.24, 2.45) is 17.3 Å². The molecule has 3 fully saturated rings. The number of fused-ring (bicyclic) bond motifs is 1. The van der Waals surface area contributed by atoms with Gasteiger partial charge in [-0.05, 0) is 49.3 Å². The molecule has 30 heavy (non-hydrogen) atoms. The molecule has 1 amide bonds. The summed E-state index contributed by atoms with van der Waals surface area (Å²) < 4.78 is 45.7. The molecule has 1 aliphatic carbocycles. The van der Waals surface area contributed by atoms with Crippen molar-refractivity contribution < 1.29 is 22.7 Å². The number of rotatable bonds is 5. The minimum Gasteiger partial charge on any atom is -0.384 e. The first-order valence-corrected chi connectivity index (χ1v) is 10.4. The highest BCUT2D eigenvalue weighted by Gasteiger charge is 2.51. The molecule has 1 aromatic rings. The van der Waals surface area contributed by atoms with Gasteiger partial charge in [0.15, 0.2) is 0 Å². The molecule has 2 atom stereocenters. The van der Waals surface area contributed by atoms with Crippen molar-refractivity contribution in [3.63, 3.8) is 0 Å². The highest BCUT2D eigenvalue weighted by atomic mass is 19.4. The highest BCUT2D eigenvalue weighted by molar-refractivity contribution is 5.77. The van der Waals surface area contributed by atoms with E-state index in [4.69, 9.17) is 10.00 Å². The van der Waals surface area contributed by atoms with Gasteiger partial charge in [0.05, 0.1) is 23.8 Å². The van der Waals surface area contributed by atoms with Crippen LogP contribution in [-0.2, 0) is 15.7 Å². The van der Waals surface area contributed by atoms with E-state index in [0.29, 0.717) is 50.8 Å². The van der Waals surface area contributed by atoms with Crippen molar-refractivity contribution in [1.82, 2.24) is 4.90 Å². The van der Waals surface area contributed by atoms with E-state index in [1.807, 2.05) is 9.80 Å². The monoisotopic (exact) mass is 421 g/mol. The van der Waals surface area contributed by atoms with E-state index >= 15 is 0 Å². The van der Waals surface area contributed by atoms with E-state index in [1.54, 1.807) is 19.2 Å². The number of likely N-dealkylation sites (tertiary alicyclic amines) is 1. The Morgan fingerprint density at radius 2 is 2.07 bits per heavy atom. The van der Waals surface area contributed by atoms with Gasteiger partial charge in [0.2, 0.25) is 5.91 Å². The predicted octanol–water partition coefficient (Wildman–Crippen LogP) is 3.68. The predicted molar refractivity (Wildman–Crippen MR) is 105 cm³/mol. The van der Waals surface area contributed by atoms with Crippen LogP contribution in [0.15, 0.2) is 18.2 Å². The summed E-state index contributed by atoms with van der Waals surface area (Å²) >= 11 is 0. The minimum absolute atomic E-state index is 0.183. The third kappa shape index (κ3) is 4.00. The number of anilines is 1. The standard InChI is InChI=1S/C22H26F3N3O2/c1-30-14-21-12-27(20(29)8-15-2-3-15)7-6-17(21)11-28(13-21)18-5-4-16(10-26)19(9-18)22(23,24)25/h4-5,9,15,17H,2-3,6-8,11-14H2,1H3/t17-,21+/m1/s1. The van der Waals surface area contributed by atoms with Crippen LogP contribution in [0.1, 0.15) is 36.8 Å². The highest BCUT2D eigenvalue weighted by Crippen LogP contribution is 2.45. The second-order valence-electron chi connectivity index (χ2n) is 8.96. The average Bonchev–Trinajstić information content (AvgIpc) is 3.44. The van der Waals surface area contributed by atoms with Crippen LogP contribution < -0.4 is 4.90 Å². The van der Waals surface area contributed by atoms with Gasteiger partial charge in [-0.1, -0.05) is 0 Å². The molecule has 2 heterocycles. The summed E-state index contributed by atoms with van der Waals surface area (Å²) in [6.07, 6.45) is -0.913. The molecule has 4 rings (SSSR count). The number of ether oxygens (including phenoxy) is 1. The number of methoxy groups -OCH3 is 1. The van der Waals surface area contributed by atoms with E-state index in [9.17, 15) is 18.0 Å². The summed E-state index contributed by atoms with van der Waals surface area (Å²) in [6, 6.07) is 5.54. The quantitative estimate of drug-likeness (QED) is 0.728. The molecule has 5 nitrogen and oxygen atoms in total. The molecule has 2 saturated heterocycles. The molecule has 162 valence electrons. The molecule has 2 aliphatic heterocycles. The van der Waals surface area contributed by atoms with Gasteiger partial charge in [0, 0.05) is 50.8 Å². The lowest BCUT2D eigenvalue weighted by atomic mass is 9.74. The van der Waals surface area contributed by atoms with Gasteiger partial charge >= 0.3 is 6.18 Å². The molecule has 0 bridgehead atoms. The third-order valence-corrected chi connectivity index (χ3v) is 6.80. The van der Waals surface area contributed by atoms with E-state index in [-0.39, 0.29) is 22.8 Å². The SMILES string of the molecule is COC[C@@]12CN(C(=O)CC3CC3)CC[C@@H]1CN(c1ccc(C#N)c(C(F)(F)F)c1)C2. The number of hydrogen-bond acceptors (Lipinski definition) is 4. The van der Waals surface area contributed by atoms with Crippen LogP contribution in [-0.4, -0.2) is 50.7 Å². The summed E-state index contributed by atoms with van der Waals surface area (Å²) in [4.78, 5) is 16.6. The van der Waals surface area contributed by atoms with Crippen molar-refractivity contribution >= 4 is 11.6 Å². The summed E-state index contributed by atoms with van der Waals surface area (Å²) in [5.74, 6) is 0.947. The Bertz CT molecular complexity index is 862. The molecular formula is C22H26F3N3O2. The largest absolute Gasteiger partial charge is 0.417 e. The number of halogens is 3. The molecular weight excluding hydrogens is 395 g/mol. The van der Waals surface area contributed by atoms with Crippen LogP contribution in [0.5, 0.6) is 0 Å². The van der Waals surface area contributed by atoms with Crippen LogP contribution in [0, 0.1) is 28.6 Å². The Balaban J connectivity index is 1.57. The first-order valence-electron chi connectivity index (χ1n) is 10.4. The van der Waals surface area contributed by atoms with Gasteiger partial charge in [0.1, 0.15) is 0 Å². The fourth-order valence-electron chi connectivity index (χ4n) is 5.05. The zero-order valence-corrected chi connectivity index (χ0v) is 17.0. The molecule has 0 aromatic heterocycles. The molecule has 0 N–H and O–H groups in total. The molecule has 0 spiro atoms. The maximum absolute atomic E-state index is 13.4. The molecule has 1 saturated carbocycles. The molecule has 8 heteroatoms. The number of nitrogens with zero attached hydrogens (tertiary/aromatic N) is 3. The first-order chi connectivity index (χ1) is 14.3. The van der Waals surface area contributed by atoms with Crippen LogP contribution in [0.2, 0.25) is 0 Å². The Kier molecular flexibility index (Phi) is 5.43. The van der Waals surface area contributed by atoms with Crippen LogP contribution in [0.4, 0.5) is 18.9 Å². The van der Waals surface area contributed by atoms with Gasteiger partial charge in [-0.25, -0.2) is 0 Å². The maximum atomic E-state index is 13.4. The van der Waals surface area contributed by atoms with E-state index in [2.05, 4.69) is 0 Å². The number of hydrogen-bond donors (Lipinski definition) is 0. The van der Waals surface area contributed by atoms with Crippen LogP contribution in [0.3, 0.4) is 0 Å². The zero-order chi connectivity index (χ0) is 21.5. The number of carbonyl (C=O) groups is 1. The minimum atomic E-state index is -4.58. The number of amides is 1. The second kappa shape index (κ2) is 7.77. The molecule has 1 aromatic carbocycles. The number of carbonyl (C=O) groups excluding carboxylic acids is 1. The smallest absolute Gasteiger partial charge is 0.384 e. The van der Waals surface area contributed by atoms with E-state index in [0.717, 1.165) is 25.3 Å². The number of alkyl halides is 3. The molecule has 0 radical (unpaired) electrons. The van der Waals surface area contributed by atoms with Crippen molar-refractivity contribution in [3.05, 3.63) is 29.3 Å². The number of nitriles is 1. The normalized spacial score (nSPS) is 26.4. The van der Waals surface area contributed by atoms with Gasteiger partial charge in [0.25, 0.3) is 0 Å². The van der Waals surface area contributed by atoms with E-state index in [1.165, 1.54) is 6.07 Å². The average molecular weight is 421 g/mol. The van der Waals surface area contributed by atoms with Gasteiger partial charge < -0.3 is 14.5 Å². The zero-order valence-electron chi connectivity index (χ0n) is 17.0. The van der Waals surface area contributed by atoms with Crippen LogP contribution >= 0.6 is 0 Å². The van der Waals surface area contributed by atoms with Crippen molar-refractivity contribution in [2.45, 2.75) is 31.9 Å². The second-order valence-corrected chi connectivity index (χ2v) is 8.96. The fourth-order valence-corrected chi connectivity index (χ4v) is 5.05. The lowest BCUT2D eigenvalue weighted by Gasteiger charge is -2.43. The van der Waals surface area contributed by atoms with Gasteiger partial charge in [-0.15, -0.1) is 0 Å². The van der Waals surface area contributed by atoms with Crippen LogP contribution in [0.25, 0.3) is 0 Å². The summed E-state index contributed by atoms with van der Waals surface area (Å²) in [6.45, 7) is 2.88. The Morgan fingerprint density at radius 3 is 2.70 bits per heavy atom. The van der Waals surface area contributed by atoms with Crippen molar-refractivity contribution in [3.8, 4) is 6.07 Å². The summed E-state index contributed by atoms with van der Waals surface area (Å²) in [7, 11) is 1.63. The lowest BCUT2D eigenvalue weighted by molar-refractivity contribution is -0.138. The molecule has 3 aliphatic rings. The summed E-state index contributed by atoms with van der Waals surface area (Å²) in [5, 5.41) is 9.05. The Hall–Kier alpha value is -2.27. The Morgan fingerprint density at radius 1 is 1.30 bits per heavy atom. The van der Waals surface area contributed by atoms with Gasteiger partial charge in [-0.3, -0.25) is 4.79 Å². The maximum Gasteiger partial charge on any atom is 0.417 e. The topological polar surface area (TPSA) is 56.6 Å². The first kappa shape index (κ1) is 21.0.